The Morgan fingerprint density at radius 2 is 1.89 bits per heavy atom. The van der Waals surface area contributed by atoms with E-state index < -0.39 is 11.8 Å². The molecule has 4 heteroatoms. The highest BCUT2D eigenvalue weighted by atomic mass is 19.1. The van der Waals surface area contributed by atoms with Gasteiger partial charge in [0.1, 0.15) is 5.82 Å². The predicted molar refractivity (Wildman–Crippen MR) is 66.1 cm³/mol. The number of hydrogen-bond donors (Lipinski definition) is 1. The molecule has 0 radical (unpaired) electrons. The van der Waals surface area contributed by atoms with Crippen molar-refractivity contribution in [2.75, 3.05) is 0 Å². The van der Waals surface area contributed by atoms with Gasteiger partial charge < -0.3 is 5.11 Å². The van der Waals surface area contributed by atoms with E-state index in [1.54, 1.807) is 24.4 Å². The highest BCUT2D eigenvalue weighted by molar-refractivity contribution is 6.20. The lowest BCUT2D eigenvalue weighted by molar-refractivity contribution is -0.130. The summed E-state index contributed by atoms with van der Waals surface area (Å²) in [4.78, 5) is 15.2. The van der Waals surface area contributed by atoms with Gasteiger partial charge in [-0.05, 0) is 35.9 Å². The summed E-state index contributed by atoms with van der Waals surface area (Å²) in [5.41, 5.74) is 1.06. The zero-order chi connectivity index (χ0) is 13.0. The van der Waals surface area contributed by atoms with E-state index in [4.69, 9.17) is 5.11 Å². The minimum Gasteiger partial charge on any atom is -0.478 e. The quantitative estimate of drug-likeness (QED) is 0.843. The van der Waals surface area contributed by atoms with Crippen LogP contribution in [0.2, 0.25) is 0 Å². The van der Waals surface area contributed by atoms with Gasteiger partial charge in [-0.15, -0.1) is 0 Å². The Morgan fingerprint density at radius 3 is 2.44 bits per heavy atom. The molecule has 0 atom stereocenters. The number of aromatic nitrogens is 1. The lowest BCUT2D eigenvalue weighted by atomic mass is 10.0. The van der Waals surface area contributed by atoms with Crippen LogP contribution in [0.15, 0.2) is 48.7 Å². The minimum absolute atomic E-state index is 0.0775. The molecule has 0 aliphatic heterocycles. The molecule has 2 rings (SSSR count). The summed E-state index contributed by atoms with van der Waals surface area (Å²) in [7, 11) is 0. The molecule has 90 valence electrons. The van der Waals surface area contributed by atoms with Crippen molar-refractivity contribution in [2.24, 2.45) is 0 Å². The summed E-state index contributed by atoms with van der Waals surface area (Å²) in [6, 6.07) is 10.5. The maximum absolute atomic E-state index is 12.8. The average molecular weight is 243 g/mol. The largest absolute Gasteiger partial charge is 0.478 e. The Kier molecular flexibility index (Phi) is 3.48. The van der Waals surface area contributed by atoms with E-state index >= 15 is 0 Å². The number of carboxylic acids is 1. The van der Waals surface area contributed by atoms with Crippen LogP contribution >= 0.6 is 0 Å². The number of benzene rings is 1. The van der Waals surface area contributed by atoms with Gasteiger partial charge in [-0.1, -0.05) is 18.2 Å². The number of hydrogen-bond acceptors (Lipinski definition) is 2. The predicted octanol–water partition coefficient (Wildman–Crippen LogP) is 2.85. The van der Waals surface area contributed by atoms with Gasteiger partial charge in [0, 0.05) is 6.20 Å². The van der Waals surface area contributed by atoms with Crippen LogP contribution in [-0.4, -0.2) is 16.1 Å². The maximum atomic E-state index is 12.8. The molecule has 2 aromatic rings. The fraction of sp³-hybridized carbons (Fsp3) is 0. The van der Waals surface area contributed by atoms with E-state index in [2.05, 4.69) is 4.98 Å². The average Bonchev–Trinajstić information content (AvgIpc) is 2.38. The van der Waals surface area contributed by atoms with Gasteiger partial charge in [-0.25, -0.2) is 9.18 Å². The second-order valence-corrected chi connectivity index (χ2v) is 3.62. The second kappa shape index (κ2) is 5.23. The van der Waals surface area contributed by atoms with Gasteiger partial charge in [-0.3, -0.25) is 4.98 Å². The third-order valence-corrected chi connectivity index (χ3v) is 2.37. The molecule has 0 amide bonds. The standard InChI is InChI=1S/C14H10FNO2/c15-11-6-4-10(5-7-11)13(14(17)18)9-12-3-1-2-8-16-12/h1-9H,(H,17,18)/b13-9+. The van der Waals surface area contributed by atoms with Gasteiger partial charge in [0.05, 0.1) is 11.3 Å². The van der Waals surface area contributed by atoms with Crippen LogP contribution in [0.1, 0.15) is 11.3 Å². The summed E-state index contributed by atoms with van der Waals surface area (Å²) in [6.45, 7) is 0. The Bertz CT molecular complexity index is 577. The van der Waals surface area contributed by atoms with E-state index in [1.165, 1.54) is 30.3 Å². The molecule has 0 fully saturated rings. The number of aliphatic carboxylic acids is 1. The Balaban J connectivity index is 2.44. The van der Waals surface area contributed by atoms with Crippen LogP contribution in [0.4, 0.5) is 4.39 Å². The molecular formula is C14H10FNO2. The molecule has 0 aliphatic rings. The Labute approximate surface area is 103 Å². The molecule has 0 spiro atoms. The molecule has 0 saturated heterocycles. The van der Waals surface area contributed by atoms with Gasteiger partial charge in [-0.2, -0.15) is 0 Å². The summed E-state index contributed by atoms with van der Waals surface area (Å²) in [5.74, 6) is -1.48. The number of nitrogens with zero attached hydrogens (tertiary/aromatic N) is 1. The molecule has 0 unspecified atom stereocenters. The zero-order valence-corrected chi connectivity index (χ0v) is 9.38. The molecule has 0 saturated carbocycles. The third-order valence-electron chi connectivity index (χ3n) is 2.37. The van der Waals surface area contributed by atoms with E-state index in [9.17, 15) is 9.18 Å². The minimum atomic E-state index is -1.08. The number of carbonyl (C=O) groups is 1. The smallest absolute Gasteiger partial charge is 0.336 e. The maximum Gasteiger partial charge on any atom is 0.336 e. The van der Waals surface area contributed by atoms with E-state index in [0.717, 1.165) is 0 Å². The van der Waals surface area contributed by atoms with Crippen molar-refractivity contribution in [3.05, 3.63) is 65.7 Å². The van der Waals surface area contributed by atoms with Crippen LogP contribution in [-0.2, 0) is 4.79 Å². The number of rotatable bonds is 3. The van der Waals surface area contributed by atoms with E-state index in [1.807, 2.05) is 0 Å². The number of halogens is 1. The topological polar surface area (TPSA) is 50.2 Å². The lowest BCUT2D eigenvalue weighted by Gasteiger charge is -2.02. The van der Waals surface area contributed by atoms with Gasteiger partial charge >= 0.3 is 5.97 Å². The first-order chi connectivity index (χ1) is 8.66. The molecule has 0 bridgehead atoms. The first-order valence-electron chi connectivity index (χ1n) is 5.29. The highest BCUT2D eigenvalue weighted by Gasteiger charge is 2.10. The molecule has 3 nitrogen and oxygen atoms in total. The molecule has 1 heterocycles. The van der Waals surface area contributed by atoms with E-state index in [-0.39, 0.29) is 5.57 Å². The van der Waals surface area contributed by atoms with E-state index in [0.29, 0.717) is 11.3 Å². The summed E-state index contributed by atoms with van der Waals surface area (Å²) < 4.78 is 12.8. The molecule has 1 aromatic heterocycles. The number of carboxylic acid groups (broad SMARTS) is 1. The van der Waals surface area contributed by atoms with Crippen molar-refractivity contribution in [3.8, 4) is 0 Å². The zero-order valence-electron chi connectivity index (χ0n) is 9.38. The lowest BCUT2D eigenvalue weighted by Crippen LogP contribution is -2.00. The van der Waals surface area contributed by atoms with Crippen LogP contribution in [0, 0.1) is 5.82 Å². The van der Waals surface area contributed by atoms with Crippen LogP contribution in [0.25, 0.3) is 11.6 Å². The summed E-state index contributed by atoms with van der Waals surface area (Å²) in [5, 5.41) is 9.17. The van der Waals surface area contributed by atoms with Crippen molar-refractivity contribution in [1.29, 1.82) is 0 Å². The highest BCUT2D eigenvalue weighted by Crippen LogP contribution is 2.18. The Hall–Kier alpha value is -2.49. The van der Waals surface area contributed by atoms with Crippen molar-refractivity contribution < 1.29 is 14.3 Å². The van der Waals surface area contributed by atoms with Gasteiger partial charge in [0.15, 0.2) is 0 Å². The van der Waals surface area contributed by atoms with Crippen LogP contribution < -0.4 is 0 Å². The fourth-order valence-electron chi connectivity index (χ4n) is 1.51. The molecule has 1 N–H and O–H groups in total. The van der Waals surface area contributed by atoms with Gasteiger partial charge in [0.25, 0.3) is 0 Å². The summed E-state index contributed by atoms with van der Waals surface area (Å²) in [6.07, 6.45) is 3.03. The SMILES string of the molecule is O=C(O)/C(=C/c1ccccn1)c1ccc(F)cc1. The van der Waals surface area contributed by atoms with Crippen LogP contribution in [0.5, 0.6) is 0 Å². The van der Waals surface area contributed by atoms with Crippen molar-refractivity contribution >= 4 is 17.6 Å². The third kappa shape index (κ3) is 2.79. The second-order valence-electron chi connectivity index (χ2n) is 3.62. The monoisotopic (exact) mass is 243 g/mol. The first kappa shape index (κ1) is 12.0. The first-order valence-corrected chi connectivity index (χ1v) is 5.29. The summed E-state index contributed by atoms with van der Waals surface area (Å²) >= 11 is 0. The Morgan fingerprint density at radius 1 is 1.17 bits per heavy atom. The normalized spacial score (nSPS) is 11.3. The molecule has 0 aliphatic carbocycles. The number of pyridine rings is 1. The molecular weight excluding hydrogens is 233 g/mol. The van der Waals surface area contributed by atoms with Crippen molar-refractivity contribution in [1.82, 2.24) is 4.98 Å². The molecule has 1 aromatic carbocycles. The fourth-order valence-corrected chi connectivity index (χ4v) is 1.51. The van der Waals surface area contributed by atoms with Crippen molar-refractivity contribution in [2.45, 2.75) is 0 Å². The van der Waals surface area contributed by atoms with Crippen molar-refractivity contribution in [3.63, 3.8) is 0 Å². The van der Waals surface area contributed by atoms with Gasteiger partial charge in [0.2, 0.25) is 0 Å². The van der Waals surface area contributed by atoms with Crippen LogP contribution in [0.3, 0.4) is 0 Å². The molecule has 18 heavy (non-hydrogen) atoms.